The first-order chi connectivity index (χ1) is 6.44. The lowest BCUT2D eigenvalue weighted by atomic mass is 9.88. The van der Waals surface area contributed by atoms with Crippen molar-refractivity contribution in [3.05, 3.63) is 21.9 Å². The fourth-order valence-corrected chi connectivity index (χ4v) is 2.16. The Labute approximate surface area is 88.9 Å². The van der Waals surface area contributed by atoms with Crippen LogP contribution < -0.4 is 0 Å². The molecule has 0 aromatic carbocycles. The highest BCUT2D eigenvalue weighted by molar-refractivity contribution is 7.12. The molecule has 1 heterocycles. The second kappa shape index (κ2) is 4.13. The minimum absolute atomic E-state index is 0.198. The molecule has 0 fully saturated rings. The van der Waals surface area contributed by atoms with Gasteiger partial charge in [0.25, 0.3) is 0 Å². The average Bonchev–Trinajstić information content (AvgIpc) is 2.48. The normalized spacial score (nSPS) is 11.4. The molecule has 0 saturated carbocycles. The Bertz CT molecular complexity index is 320. The van der Waals surface area contributed by atoms with Crippen LogP contribution in [0.1, 0.15) is 36.0 Å². The molecule has 0 atom stereocenters. The summed E-state index contributed by atoms with van der Waals surface area (Å²) in [5.74, 6) is -0.223. The summed E-state index contributed by atoms with van der Waals surface area (Å²) in [5, 5.41) is 1.94. The zero-order chi connectivity index (χ0) is 10.8. The van der Waals surface area contributed by atoms with Gasteiger partial charge in [0, 0.05) is 0 Å². The topological polar surface area (TPSA) is 26.3 Å². The van der Waals surface area contributed by atoms with Gasteiger partial charge in [0.05, 0.1) is 7.11 Å². The second-order valence-electron chi connectivity index (χ2n) is 4.50. The van der Waals surface area contributed by atoms with E-state index in [-0.39, 0.29) is 11.4 Å². The summed E-state index contributed by atoms with van der Waals surface area (Å²) in [7, 11) is 1.42. The highest BCUT2D eigenvalue weighted by Gasteiger charge is 2.18. The molecule has 2 nitrogen and oxygen atoms in total. The summed E-state index contributed by atoms with van der Waals surface area (Å²) in [6, 6.07) is 2.00. The van der Waals surface area contributed by atoms with Gasteiger partial charge in [0.15, 0.2) is 0 Å². The van der Waals surface area contributed by atoms with Crippen LogP contribution in [0.5, 0.6) is 0 Å². The lowest BCUT2D eigenvalue weighted by Gasteiger charge is -2.17. The summed E-state index contributed by atoms with van der Waals surface area (Å²) in [6.45, 7) is 6.48. The molecule has 1 aromatic rings. The van der Waals surface area contributed by atoms with Gasteiger partial charge >= 0.3 is 5.97 Å². The second-order valence-corrected chi connectivity index (χ2v) is 5.42. The van der Waals surface area contributed by atoms with Gasteiger partial charge in [-0.15, -0.1) is 11.3 Å². The number of methoxy groups -OCH3 is 1. The number of thiophene rings is 1. The molecule has 3 heteroatoms. The van der Waals surface area contributed by atoms with Crippen LogP contribution in [-0.2, 0) is 11.2 Å². The Hall–Kier alpha value is -0.830. The Morgan fingerprint density at radius 2 is 2.14 bits per heavy atom. The van der Waals surface area contributed by atoms with Crippen molar-refractivity contribution in [2.75, 3.05) is 7.11 Å². The number of carbonyl (C=O) groups excluding carboxylic acids is 1. The smallest absolute Gasteiger partial charge is 0.348 e. The van der Waals surface area contributed by atoms with E-state index < -0.39 is 0 Å². The molecule has 14 heavy (non-hydrogen) atoms. The molecule has 0 aliphatic heterocycles. The van der Waals surface area contributed by atoms with Gasteiger partial charge in [-0.05, 0) is 28.8 Å². The summed E-state index contributed by atoms with van der Waals surface area (Å²) < 4.78 is 4.72. The van der Waals surface area contributed by atoms with Crippen molar-refractivity contribution >= 4 is 17.3 Å². The minimum Gasteiger partial charge on any atom is -0.465 e. The number of esters is 1. The van der Waals surface area contributed by atoms with Crippen molar-refractivity contribution in [1.29, 1.82) is 0 Å². The van der Waals surface area contributed by atoms with Crippen molar-refractivity contribution in [3.63, 3.8) is 0 Å². The average molecular weight is 212 g/mol. The van der Waals surface area contributed by atoms with Crippen LogP contribution in [-0.4, -0.2) is 13.1 Å². The largest absolute Gasteiger partial charge is 0.465 e. The molecule has 0 aliphatic carbocycles. The van der Waals surface area contributed by atoms with Crippen LogP contribution in [0.2, 0.25) is 0 Å². The molecular weight excluding hydrogens is 196 g/mol. The SMILES string of the molecule is COC(=O)c1sccc1CC(C)(C)C. The fourth-order valence-electron chi connectivity index (χ4n) is 1.32. The number of carbonyl (C=O) groups is 1. The van der Waals surface area contributed by atoms with Crippen LogP contribution in [0, 0.1) is 5.41 Å². The number of ether oxygens (including phenoxy) is 1. The molecule has 0 radical (unpaired) electrons. The molecule has 0 amide bonds. The molecule has 1 aromatic heterocycles. The van der Waals surface area contributed by atoms with E-state index in [0.29, 0.717) is 0 Å². The molecule has 0 aliphatic rings. The summed E-state index contributed by atoms with van der Waals surface area (Å²) >= 11 is 1.45. The Kier molecular flexibility index (Phi) is 3.32. The molecule has 78 valence electrons. The van der Waals surface area contributed by atoms with Crippen LogP contribution in [0.3, 0.4) is 0 Å². The van der Waals surface area contributed by atoms with Crippen molar-refractivity contribution in [1.82, 2.24) is 0 Å². The quantitative estimate of drug-likeness (QED) is 0.704. The molecular formula is C11H16O2S. The number of rotatable bonds is 2. The minimum atomic E-state index is -0.223. The number of hydrogen-bond acceptors (Lipinski definition) is 3. The van der Waals surface area contributed by atoms with Gasteiger partial charge in [-0.3, -0.25) is 0 Å². The van der Waals surface area contributed by atoms with E-state index in [1.807, 2.05) is 11.4 Å². The van der Waals surface area contributed by atoms with Gasteiger partial charge in [0.1, 0.15) is 4.88 Å². The van der Waals surface area contributed by atoms with Gasteiger partial charge < -0.3 is 4.74 Å². The highest BCUT2D eigenvalue weighted by Crippen LogP contribution is 2.26. The van der Waals surface area contributed by atoms with Gasteiger partial charge in [-0.25, -0.2) is 4.79 Å². The highest BCUT2D eigenvalue weighted by atomic mass is 32.1. The monoisotopic (exact) mass is 212 g/mol. The predicted molar refractivity (Wildman–Crippen MR) is 58.8 cm³/mol. The van der Waals surface area contributed by atoms with E-state index in [4.69, 9.17) is 4.74 Å². The Morgan fingerprint density at radius 1 is 1.50 bits per heavy atom. The van der Waals surface area contributed by atoms with Crippen LogP contribution >= 0.6 is 11.3 Å². The Balaban J connectivity index is 2.88. The third-order valence-electron chi connectivity index (χ3n) is 1.84. The van der Waals surface area contributed by atoms with Gasteiger partial charge in [-0.1, -0.05) is 20.8 Å². The first-order valence-corrected chi connectivity index (χ1v) is 5.47. The predicted octanol–water partition coefficient (Wildman–Crippen LogP) is 3.12. The third kappa shape index (κ3) is 2.84. The van der Waals surface area contributed by atoms with E-state index in [0.717, 1.165) is 16.9 Å². The zero-order valence-electron chi connectivity index (χ0n) is 9.09. The van der Waals surface area contributed by atoms with Gasteiger partial charge in [-0.2, -0.15) is 0 Å². The van der Waals surface area contributed by atoms with Crippen LogP contribution in [0.15, 0.2) is 11.4 Å². The van der Waals surface area contributed by atoms with E-state index in [9.17, 15) is 4.79 Å². The van der Waals surface area contributed by atoms with E-state index in [1.165, 1.54) is 18.4 Å². The summed E-state index contributed by atoms with van der Waals surface area (Å²) in [4.78, 5) is 12.1. The molecule has 0 unspecified atom stereocenters. The van der Waals surface area contributed by atoms with E-state index >= 15 is 0 Å². The molecule has 0 N–H and O–H groups in total. The first-order valence-electron chi connectivity index (χ1n) is 4.59. The van der Waals surface area contributed by atoms with Crippen LogP contribution in [0.25, 0.3) is 0 Å². The molecule has 0 spiro atoms. The summed E-state index contributed by atoms with van der Waals surface area (Å²) in [5.41, 5.74) is 1.29. The fraction of sp³-hybridized carbons (Fsp3) is 0.545. The van der Waals surface area contributed by atoms with E-state index in [1.54, 1.807) is 0 Å². The molecule has 1 rings (SSSR count). The van der Waals surface area contributed by atoms with Crippen molar-refractivity contribution < 1.29 is 9.53 Å². The number of hydrogen-bond donors (Lipinski definition) is 0. The van der Waals surface area contributed by atoms with E-state index in [2.05, 4.69) is 20.8 Å². The third-order valence-corrected chi connectivity index (χ3v) is 2.78. The van der Waals surface area contributed by atoms with Crippen LogP contribution in [0.4, 0.5) is 0 Å². The Morgan fingerprint density at radius 3 is 2.64 bits per heavy atom. The van der Waals surface area contributed by atoms with Crippen molar-refractivity contribution in [2.45, 2.75) is 27.2 Å². The maximum atomic E-state index is 11.4. The maximum Gasteiger partial charge on any atom is 0.348 e. The van der Waals surface area contributed by atoms with Gasteiger partial charge in [0.2, 0.25) is 0 Å². The summed E-state index contributed by atoms with van der Waals surface area (Å²) in [6.07, 6.45) is 0.904. The first kappa shape index (κ1) is 11.2. The maximum absolute atomic E-state index is 11.4. The lowest BCUT2D eigenvalue weighted by molar-refractivity contribution is 0.0605. The molecule has 0 bridgehead atoms. The zero-order valence-corrected chi connectivity index (χ0v) is 9.90. The standard InChI is InChI=1S/C11H16O2S/c1-11(2,3)7-8-5-6-14-9(8)10(12)13-4/h5-6H,7H2,1-4H3. The molecule has 0 saturated heterocycles. The lowest BCUT2D eigenvalue weighted by Crippen LogP contribution is -2.11. The van der Waals surface area contributed by atoms with Crippen molar-refractivity contribution in [3.8, 4) is 0 Å². The van der Waals surface area contributed by atoms with Crippen molar-refractivity contribution in [2.24, 2.45) is 5.41 Å².